The van der Waals surface area contributed by atoms with Gasteiger partial charge in [-0.2, -0.15) is 5.10 Å². The number of nitrogens with one attached hydrogen (secondary N) is 1. The lowest BCUT2D eigenvalue weighted by Gasteiger charge is -2.29. The second kappa shape index (κ2) is 8.56. The summed E-state index contributed by atoms with van der Waals surface area (Å²) < 4.78 is 13.5. The minimum absolute atomic E-state index is 0.108. The van der Waals surface area contributed by atoms with Crippen molar-refractivity contribution < 1.29 is 14.3 Å². The first-order valence-electron chi connectivity index (χ1n) is 10.7. The van der Waals surface area contributed by atoms with Crippen molar-refractivity contribution in [2.24, 2.45) is 5.92 Å². The maximum absolute atomic E-state index is 12.0. The van der Waals surface area contributed by atoms with Crippen LogP contribution in [0, 0.1) is 5.92 Å². The zero-order valence-electron chi connectivity index (χ0n) is 17.5. The Hall–Kier alpha value is -3.10. The van der Waals surface area contributed by atoms with Crippen LogP contribution in [0.15, 0.2) is 42.6 Å². The van der Waals surface area contributed by atoms with Crippen LogP contribution in [-0.2, 0) is 16.0 Å². The first kappa shape index (κ1) is 19.8. The van der Waals surface area contributed by atoms with Crippen LogP contribution in [0.4, 0.5) is 0 Å². The van der Waals surface area contributed by atoms with Gasteiger partial charge in [-0.05, 0) is 18.6 Å². The summed E-state index contributed by atoms with van der Waals surface area (Å²) in [6, 6.07) is 11.5. The minimum Gasteiger partial charge on any atom is -0.349 e. The number of rotatable bonds is 5. The number of fused-ring (bicyclic) bond motifs is 1. The lowest BCUT2D eigenvalue weighted by molar-refractivity contribution is -0.206. The first-order chi connectivity index (χ1) is 15.2. The predicted molar refractivity (Wildman–Crippen MR) is 114 cm³/mol. The fourth-order valence-corrected chi connectivity index (χ4v) is 4.00. The first-order valence-corrected chi connectivity index (χ1v) is 10.7. The highest BCUT2D eigenvalue weighted by atomic mass is 16.7. The van der Waals surface area contributed by atoms with Crippen molar-refractivity contribution in [3.05, 3.63) is 53.9 Å². The SMILES string of the molecule is CCCC1COC(c2ccc(-c3nccc(-c4cc5n(n4)CCNC5=O)n3)cc2)OC1. The summed E-state index contributed by atoms with van der Waals surface area (Å²) >= 11 is 0. The molecular weight excluding hydrogens is 394 g/mol. The van der Waals surface area contributed by atoms with Crippen molar-refractivity contribution >= 4 is 5.91 Å². The maximum Gasteiger partial charge on any atom is 0.269 e. The molecule has 0 atom stereocenters. The third-order valence-corrected chi connectivity index (χ3v) is 5.64. The summed E-state index contributed by atoms with van der Waals surface area (Å²) in [5, 5.41) is 7.36. The fourth-order valence-electron chi connectivity index (χ4n) is 4.00. The van der Waals surface area contributed by atoms with E-state index in [-0.39, 0.29) is 12.2 Å². The van der Waals surface area contributed by atoms with E-state index in [0.29, 0.717) is 41.9 Å². The van der Waals surface area contributed by atoms with Gasteiger partial charge < -0.3 is 14.8 Å². The zero-order chi connectivity index (χ0) is 21.2. The predicted octanol–water partition coefficient (Wildman–Crippen LogP) is 3.21. The molecule has 1 fully saturated rings. The van der Waals surface area contributed by atoms with Crippen LogP contribution in [0.3, 0.4) is 0 Å². The highest BCUT2D eigenvalue weighted by Gasteiger charge is 2.23. The van der Waals surface area contributed by atoms with E-state index in [1.165, 1.54) is 0 Å². The minimum atomic E-state index is -0.322. The van der Waals surface area contributed by atoms with E-state index in [4.69, 9.17) is 9.47 Å². The zero-order valence-corrected chi connectivity index (χ0v) is 17.5. The van der Waals surface area contributed by atoms with Gasteiger partial charge in [0.25, 0.3) is 5.91 Å². The molecule has 0 bridgehead atoms. The van der Waals surface area contributed by atoms with E-state index in [1.54, 1.807) is 23.0 Å². The third kappa shape index (κ3) is 4.08. The molecule has 0 radical (unpaired) electrons. The second-order valence-corrected chi connectivity index (χ2v) is 7.93. The van der Waals surface area contributed by atoms with Crippen LogP contribution >= 0.6 is 0 Å². The van der Waals surface area contributed by atoms with Gasteiger partial charge in [-0.1, -0.05) is 37.6 Å². The van der Waals surface area contributed by atoms with Crippen molar-refractivity contribution in [1.29, 1.82) is 0 Å². The number of benzene rings is 1. The van der Waals surface area contributed by atoms with Gasteiger partial charge in [0.2, 0.25) is 0 Å². The van der Waals surface area contributed by atoms with E-state index >= 15 is 0 Å². The number of carbonyl (C=O) groups excluding carboxylic acids is 1. The molecule has 0 saturated carbocycles. The molecule has 160 valence electrons. The standard InChI is InChI=1S/C23H25N5O3/c1-2-3-15-13-30-23(31-14-15)17-6-4-16(5-7-17)21-24-9-8-18(26-21)19-12-20-22(29)25-10-11-28(20)27-19/h4-9,12,15,23H,2-3,10-11,13-14H2,1H3,(H,25,29). The van der Waals surface area contributed by atoms with Gasteiger partial charge in [-0.25, -0.2) is 9.97 Å². The Morgan fingerprint density at radius 3 is 2.68 bits per heavy atom. The number of hydrogen-bond acceptors (Lipinski definition) is 6. The molecule has 8 heteroatoms. The van der Waals surface area contributed by atoms with Crippen molar-refractivity contribution in [2.45, 2.75) is 32.6 Å². The number of ether oxygens (including phenoxy) is 2. The van der Waals surface area contributed by atoms with Crippen LogP contribution < -0.4 is 5.32 Å². The smallest absolute Gasteiger partial charge is 0.269 e. The Labute approximate surface area is 180 Å². The number of nitrogens with zero attached hydrogens (tertiary/aromatic N) is 4. The third-order valence-electron chi connectivity index (χ3n) is 5.64. The molecule has 2 aliphatic heterocycles. The van der Waals surface area contributed by atoms with Gasteiger partial charge in [0.1, 0.15) is 11.4 Å². The van der Waals surface area contributed by atoms with Gasteiger partial charge in [-0.15, -0.1) is 0 Å². The highest BCUT2D eigenvalue weighted by molar-refractivity contribution is 5.94. The van der Waals surface area contributed by atoms with E-state index in [2.05, 4.69) is 27.3 Å². The topological polar surface area (TPSA) is 91.2 Å². The number of carbonyl (C=O) groups is 1. The molecular formula is C23H25N5O3. The Morgan fingerprint density at radius 2 is 1.94 bits per heavy atom. The van der Waals surface area contributed by atoms with Crippen LogP contribution in [0.5, 0.6) is 0 Å². The quantitative estimate of drug-likeness (QED) is 0.683. The molecule has 4 heterocycles. The molecule has 5 rings (SSSR count). The molecule has 0 aliphatic carbocycles. The van der Waals surface area contributed by atoms with Gasteiger partial charge in [-0.3, -0.25) is 9.48 Å². The van der Waals surface area contributed by atoms with Crippen molar-refractivity contribution in [1.82, 2.24) is 25.1 Å². The molecule has 8 nitrogen and oxygen atoms in total. The number of hydrogen-bond donors (Lipinski definition) is 1. The van der Waals surface area contributed by atoms with Crippen LogP contribution in [0.1, 0.15) is 42.1 Å². The Bertz CT molecular complexity index is 1070. The van der Waals surface area contributed by atoms with Crippen molar-refractivity contribution in [3.8, 4) is 22.8 Å². The molecule has 1 saturated heterocycles. The summed E-state index contributed by atoms with van der Waals surface area (Å²) in [4.78, 5) is 21.1. The van der Waals surface area contributed by atoms with E-state index in [0.717, 1.165) is 37.2 Å². The Balaban J connectivity index is 1.33. The van der Waals surface area contributed by atoms with Crippen molar-refractivity contribution in [2.75, 3.05) is 19.8 Å². The lowest BCUT2D eigenvalue weighted by Crippen LogP contribution is -2.35. The maximum atomic E-state index is 12.0. The molecule has 1 aromatic carbocycles. The normalized spacial score (nSPS) is 20.9. The molecule has 2 aliphatic rings. The molecule has 2 aromatic heterocycles. The molecule has 0 unspecified atom stereocenters. The van der Waals surface area contributed by atoms with Gasteiger partial charge in [0.05, 0.1) is 25.5 Å². The number of amides is 1. The van der Waals surface area contributed by atoms with Gasteiger partial charge in [0.15, 0.2) is 12.1 Å². The largest absolute Gasteiger partial charge is 0.349 e. The molecule has 1 amide bonds. The molecule has 0 spiro atoms. The van der Waals surface area contributed by atoms with E-state index in [1.807, 2.05) is 24.3 Å². The molecule has 31 heavy (non-hydrogen) atoms. The molecule has 1 N–H and O–H groups in total. The van der Waals surface area contributed by atoms with E-state index < -0.39 is 0 Å². The van der Waals surface area contributed by atoms with Gasteiger partial charge in [0, 0.05) is 29.8 Å². The van der Waals surface area contributed by atoms with Crippen LogP contribution in [0.2, 0.25) is 0 Å². The average Bonchev–Trinajstić information content (AvgIpc) is 3.26. The van der Waals surface area contributed by atoms with Crippen LogP contribution in [0.25, 0.3) is 22.8 Å². The number of aromatic nitrogens is 4. The summed E-state index contributed by atoms with van der Waals surface area (Å²) in [7, 11) is 0. The lowest BCUT2D eigenvalue weighted by atomic mass is 10.0. The monoisotopic (exact) mass is 419 g/mol. The fraction of sp³-hybridized carbons (Fsp3) is 0.391. The van der Waals surface area contributed by atoms with Crippen molar-refractivity contribution in [3.63, 3.8) is 0 Å². The average molecular weight is 419 g/mol. The summed E-state index contributed by atoms with van der Waals surface area (Å²) in [5.41, 5.74) is 3.79. The summed E-state index contributed by atoms with van der Waals surface area (Å²) in [6.45, 7) is 4.89. The summed E-state index contributed by atoms with van der Waals surface area (Å²) in [6.07, 6.45) is 3.66. The Morgan fingerprint density at radius 1 is 1.13 bits per heavy atom. The summed E-state index contributed by atoms with van der Waals surface area (Å²) in [5.74, 6) is 0.979. The highest BCUT2D eigenvalue weighted by Crippen LogP contribution is 2.28. The van der Waals surface area contributed by atoms with E-state index in [9.17, 15) is 4.79 Å². The molecule has 3 aromatic rings. The second-order valence-electron chi connectivity index (χ2n) is 7.93. The van der Waals surface area contributed by atoms with Crippen LogP contribution in [-0.4, -0.2) is 45.4 Å². The van der Waals surface area contributed by atoms with Gasteiger partial charge >= 0.3 is 0 Å². The Kier molecular flexibility index (Phi) is 5.48.